The van der Waals surface area contributed by atoms with Gasteiger partial charge in [-0.3, -0.25) is 19.2 Å². The molecule has 0 bridgehead atoms. The predicted molar refractivity (Wildman–Crippen MR) is 201 cm³/mol. The summed E-state index contributed by atoms with van der Waals surface area (Å²) in [6, 6.07) is 15.0. The topological polar surface area (TPSA) is 158 Å². The van der Waals surface area contributed by atoms with Crippen molar-refractivity contribution in [2.45, 2.75) is 65.6 Å². The number of anilines is 2. The number of hydrogen-bond acceptors (Lipinski definition) is 8. The van der Waals surface area contributed by atoms with Crippen LogP contribution in [0.4, 0.5) is 21.0 Å². The molecule has 54 heavy (non-hydrogen) atoms. The highest BCUT2D eigenvalue weighted by Gasteiger charge is 2.43. The Bertz CT molecular complexity index is 1620. The van der Waals surface area contributed by atoms with E-state index in [-0.39, 0.29) is 47.3 Å². The van der Waals surface area contributed by atoms with Crippen LogP contribution in [-0.4, -0.2) is 119 Å². The molecule has 0 spiro atoms. The van der Waals surface area contributed by atoms with E-state index in [0.717, 1.165) is 11.1 Å². The number of likely N-dealkylation sites (tertiary alicyclic amines) is 4. The number of benzene rings is 2. The third-order valence-electron chi connectivity index (χ3n) is 10.1. The van der Waals surface area contributed by atoms with Gasteiger partial charge in [0.25, 0.3) is 0 Å². The summed E-state index contributed by atoms with van der Waals surface area (Å²) in [6.45, 7) is 13.9. The van der Waals surface area contributed by atoms with E-state index < -0.39 is 23.4 Å². The first kappa shape index (κ1) is 38.6. The highest BCUT2D eigenvalue weighted by Crippen LogP contribution is 2.29. The lowest BCUT2D eigenvalue weighted by molar-refractivity contribution is -0.140. The molecule has 2 aromatic carbocycles. The average molecular weight is 745 g/mol. The van der Waals surface area contributed by atoms with Gasteiger partial charge in [0.15, 0.2) is 0 Å². The fraction of sp³-hybridized carbons (Fsp3) is 0.550. The lowest BCUT2D eigenvalue weighted by Gasteiger charge is -2.40. The molecule has 0 aliphatic carbocycles. The van der Waals surface area contributed by atoms with Crippen LogP contribution in [0.2, 0.25) is 0 Å². The van der Waals surface area contributed by atoms with Gasteiger partial charge >= 0.3 is 12.2 Å². The maximum atomic E-state index is 13.1. The molecular weight excluding hydrogens is 692 g/mol. The molecule has 4 saturated heterocycles. The van der Waals surface area contributed by atoms with Crippen LogP contribution >= 0.6 is 0 Å². The first-order chi connectivity index (χ1) is 25.4. The minimum Gasteiger partial charge on any atom is -0.444 e. The molecule has 4 fully saturated rings. The Morgan fingerprint density at radius 1 is 0.500 bits per heavy atom. The van der Waals surface area contributed by atoms with Gasteiger partial charge in [-0.05, 0) is 89.8 Å². The van der Waals surface area contributed by atoms with E-state index in [4.69, 9.17) is 9.47 Å². The summed E-state index contributed by atoms with van der Waals surface area (Å²) < 4.78 is 10.7. The lowest BCUT2D eigenvalue weighted by Crippen LogP contribution is -2.57. The quantitative estimate of drug-likeness (QED) is 0.415. The van der Waals surface area contributed by atoms with Crippen molar-refractivity contribution in [1.29, 1.82) is 0 Å². The fourth-order valence-electron chi connectivity index (χ4n) is 7.07. The van der Waals surface area contributed by atoms with Crippen molar-refractivity contribution in [3.05, 3.63) is 48.5 Å². The summed E-state index contributed by atoms with van der Waals surface area (Å²) >= 11 is 0. The summed E-state index contributed by atoms with van der Waals surface area (Å²) in [5.74, 6) is -1.50. The molecule has 6 amide bonds. The highest BCUT2D eigenvalue weighted by molar-refractivity contribution is 5.95. The number of nitrogens with one attached hydrogen (secondary N) is 2. The van der Waals surface area contributed by atoms with Crippen LogP contribution in [0.5, 0.6) is 0 Å². The van der Waals surface area contributed by atoms with Gasteiger partial charge in [-0.15, -0.1) is 0 Å². The van der Waals surface area contributed by atoms with Gasteiger partial charge in [-0.1, -0.05) is 24.3 Å². The normalized spacial score (nSPS) is 20.6. The second-order valence-corrected chi connectivity index (χ2v) is 16.8. The van der Waals surface area contributed by atoms with E-state index in [1.807, 2.05) is 48.5 Å². The number of carbonyl (C=O) groups is 6. The Labute approximate surface area is 316 Å². The molecule has 0 aromatic heterocycles. The van der Waals surface area contributed by atoms with Crippen molar-refractivity contribution in [2.75, 3.05) is 63.0 Å². The molecule has 2 N–H and O–H groups in total. The third kappa shape index (κ3) is 9.31. The molecule has 6 rings (SSSR count). The number of ether oxygens (including phenoxy) is 2. The van der Waals surface area contributed by atoms with E-state index >= 15 is 0 Å². The van der Waals surface area contributed by atoms with Crippen LogP contribution in [0.1, 0.15) is 54.4 Å². The van der Waals surface area contributed by atoms with Crippen molar-refractivity contribution >= 4 is 47.2 Å². The number of hydrogen-bond donors (Lipinski definition) is 2. The minimum atomic E-state index is -0.589. The summed E-state index contributed by atoms with van der Waals surface area (Å²) in [5, 5.41) is 5.96. The molecule has 14 nitrogen and oxygen atoms in total. The van der Waals surface area contributed by atoms with E-state index in [0.29, 0.717) is 76.6 Å². The third-order valence-corrected chi connectivity index (χ3v) is 10.1. The number of rotatable bonds is 7. The Kier molecular flexibility index (Phi) is 10.9. The zero-order chi connectivity index (χ0) is 38.9. The first-order valence-corrected chi connectivity index (χ1v) is 18.8. The maximum absolute atomic E-state index is 13.1. The van der Waals surface area contributed by atoms with Crippen LogP contribution in [0.25, 0.3) is 11.1 Å². The van der Waals surface area contributed by atoms with Gasteiger partial charge in [0.2, 0.25) is 23.6 Å². The molecule has 2 aromatic rings. The summed E-state index contributed by atoms with van der Waals surface area (Å²) in [5.41, 5.74) is 2.02. The van der Waals surface area contributed by atoms with Crippen LogP contribution < -0.4 is 10.6 Å². The standard InChI is InChI=1S/C40H52N6O8/c1-39(2,3)53-37(51)45-21-29(22-45)35(49)43-17-15-27(19-43)33(47)41-31-11-7-25(8-12-31)26-9-13-32(14-10-26)42-34(48)28-16-18-44(20-28)36(50)30-23-46(24-30)38(52)54-40(4,5)6/h7-14,27-30H,15-24H2,1-6H3,(H,41,47)(H,42,48)/t27-,28+. The molecule has 290 valence electrons. The van der Waals surface area contributed by atoms with Crippen molar-refractivity contribution in [3.8, 4) is 11.1 Å². The van der Waals surface area contributed by atoms with E-state index in [1.165, 1.54) is 9.80 Å². The van der Waals surface area contributed by atoms with Crippen molar-refractivity contribution < 1.29 is 38.2 Å². The monoisotopic (exact) mass is 744 g/mol. The van der Waals surface area contributed by atoms with Gasteiger partial charge in [-0.25, -0.2) is 9.59 Å². The zero-order valence-corrected chi connectivity index (χ0v) is 32.1. The fourth-order valence-corrected chi connectivity index (χ4v) is 7.07. The van der Waals surface area contributed by atoms with Crippen LogP contribution in [0, 0.1) is 23.7 Å². The van der Waals surface area contributed by atoms with Gasteiger partial charge < -0.3 is 39.7 Å². The smallest absolute Gasteiger partial charge is 0.410 e. The molecule has 4 aliphatic heterocycles. The summed E-state index contributed by atoms with van der Waals surface area (Å²) in [6.07, 6.45) is 0.327. The van der Waals surface area contributed by atoms with Gasteiger partial charge in [0.05, 0.1) is 23.7 Å². The van der Waals surface area contributed by atoms with Crippen molar-refractivity contribution in [3.63, 3.8) is 0 Å². The van der Waals surface area contributed by atoms with Gasteiger partial charge in [0, 0.05) is 63.7 Å². The Hall–Kier alpha value is -5.14. The van der Waals surface area contributed by atoms with Crippen LogP contribution in [0.15, 0.2) is 48.5 Å². The SMILES string of the molecule is CC(C)(C)OC(=O)N1CC(C(=O)N2CC[C@@H](C(=O)Nc3ccc(-c4ccc(NC(=O)[C@H]5CCN(C(=O)C6CN(C(=O)OC(C)(C)C)C6)C5)cc4)cc3)C2)C1. The molecular formula is C40H52N6O8. The Morgan fingerprint density at radius 3 is 1.13 bits per heavy atom. The largest absolute Gasteiger partial charge is 0.444 e. The van der Waals surface area contributed by atoms with E-state index in [2.05, 4.69) is 10.6 Å². The molecule has 4 heterocycles. The zero-order valence-electron chi connectivity index (χ0n) is 32.1. The minimum absolute atomic E-state index is 0.0308. The molecule has 2 atom stereocenters. The van der Waals surface area contributed by atoms with Crippen molar-refractivity contribution in [1.82, 2.24) is 19.6 Å². The van der Waals surface area contributed by atoms with E-state index in [1.54, 1.807) is 51.3 Å². The number of nitrogens with zero attached hydrogens (tertiary/aromatic N) is 4. The average Bonchev–Trinajstić information content (AvgIpc) is 3.74. The second-order valence-electron chi connectivity index (χ2n) is 16.8. The van der Waals surface area contributed by atoms with Crippen molar-refractivity contribution in [2.24, 2.45) is 23.7 Å². The molecule has 0 unspecified atom stereocenters. The van der Waals surface area contributed by atoms with Gasteiger partial charge in [-0.2, -0.15) is 0 Å². The Balaban J connectivity index is 0.911. The predicted octanol–water partition coefficient (Wildman–Crippen LogP) is 4.66. The Morgan fingerprint density at radius 2 is 0.815 bits per heavy atom. The number of amides is 6. The van der Waals surface area contributed by atoms with E-state index in [9.17, 15) is 28.8 Å². The number of carbonyl (C=O) groups excluding carboxylic acids is 6. The summed E-state index contributed by atoms with van der Waals surface area (Å²) in [7, 11) is 0. The molecule has 0 radical (unpaired) electrons. The maximum Gasteiger partial charge on any atom is 0.410 e. The van der Waals surface area contributed by atoms with Gasteiger partial charge in [0.1, 0.15) is 11.2 Å². The molecule has 0 saturated carbocycles. The molecule has 14 heteroatoms. The van der Waals surface area contributed by atoms with Crippen LogP contribution in [-0.2, 0) is 28.7 Å². The van der Waals surface area contributed by atoms with Crippen LogP contribution in [0.3, 0.4) is 0 Å². The molecule has 4 aliphatic rings. The highest BCUT2D eigenvalue weighted by atomic mass is 16.6. The lowest BCUT2D eigenvalue weighted by atomic mass is 9.99. The first-order valence-electron chi connectivity index (χ1n) is 18.8. The summed E-state index contributed by atoms with van der Waals surface area (Å²) in [4.78, 5) is 83.1. The second kappa shape index (κ2) is 15.3.